The third-order valence-electron chi connectivity index (χ3n) is 2.68. The fourth-order valence-electron chi connectivity index (χ4n) is 1.78. The van der Waals surface area contributed by atoms with E-state index in [9.17, 15) is 4.79 Å². The highest BCUT2D eigenvalue weighted by atomic mass is 16.1. The van der Waals surface area contributed by atoms with Crippen LogP contribution in [0.4, 0.5) is 5.69 Å². The first-order valence-corrected chi connectivity index (χ1v) is 5.59. The Hall–Kier alpha value is -2.09. The molecular formula is C15H15NO. The molecule has 86 valence electrons. The van der Waals surface area contributed by atoms with Crippen LogP contribution < -0.4 is 5.73 Å². The molecule has 0 spiro atoms. The number of carbonyl (C=O) groups is 1. The number of carbonyl (C=O) groups excluding carboxylic acids is 1. The zero-order chi connectivity index (χ0) is 12.3. The minimum atomic E-state index is 0.121. The molecule has 0 aliphatic heterocycles. The van der Waals surface area contributed by atoms with Gasteiger partial charge < -0.3 is 5.73 Å². The average Bonchev–Trinajstić information content (AvgIpc) is 2.29. The van der Waals surface area contributed by atoms with Gasteiger partial charge in [-0.1, -0.05) is 29.8 Å². The van der Waals surface area contributed by atoms with Crippen molar-refractivity contribution in [2.75, 3.05) is 5.73 Å². The molecule has 2 rings (SSSR count). The lowest BCUT2D eigenvalue weighted by Crippen LogP contribution is -2.03. The summed E-state index contributed by atoms with van der Waals surface area (Å²) in [7, 11) is 0. The van der Waals surface area contributed by atoms with Gasteiger partial charge >= 0.3 is 0 Å². The second-order valence-corrected chi connectivity index (χ2v) is 4.21. The number of nitrogen functional groups attached to an aromatic ring is 1. The lowest BCUT2D eigenvalue weighted by molar-refractivity contribution is 0.0993. The van der Waals surface area contributed by atoms with Crippen molar-refractivity contribution < 1.29 is 4.79 Å². The molecular weight excluding hydrogens is 210 g/mol. The Labute approximate surface area is 101 Å². The number of hydrogen-bond acceptors (Lipinski definition) is 2. The Morgan fingerprint density at radius 3 is 2.47 bits per heavy atom. The molecule has 0 saturated heterocycles. The van der Waals surface area contributed by atoms with Crippen LogP contribution in [0.25, 0.3) is 0 Å². The van der Waals surface area contributed by atoms with E-state index in [4.69, 9.17) is 5.73 Å². The zero-order valence-corrected chi connectivity index (χ0v) is 9.81. The predicted molar refractivity (Wildman–Crippen MR) is 70.1 cm³/mol. The second kappa shape index (κ2) is 4.83. The summed E-state index contributed by atoms with van der Waals surface area (Å²) in [6.45, 7) is 2.02. The van der Waals surface area contributed by atoms with Crippen molar-refractivity contribution in [1.29, 1.82) is 0 Å². The number of rotatable bonds is 3. The third-order valence-corrected chi connectivity index (χ3v) is 2.68. The monoisotopic (exact) mass is 225 g/mol. The number of ketones is 1. The van der Waals surface area contributed by atoms with E-state index >= 15 is 0 Å². The van der Waals surface area contributed by atoms with E-state index in [1.807, 2.05) is 31.2 Å². The first-order valence-electron chi connectivity index (χ1n) is 5.59. The molecule has 0 atom stereocenters. The van der Waals surface area contributed by atoms with Gasteiger partial charge in [0.2, 0.25) is 0 Å². The summed E-state index contributed by atoms with van der Waals surface area (Å²) in [5, 5.41) is 0. The first-order chi connectivity index (χ1) is 8.15. The van der Waals surface area contributed by atoms with Gasteiger partial charge in [-0.05, 0) is 36.8 Å². The van der Waals surface area contributed by atoms with Gasteiger partial charge in [-0.2, -0.15) is 0 Å². The third kappa shape index (κ3) is 2.94. The van der Waals surface area contributed by atoms with Gasteiger partial charge in [-0.15, -0.1) is 0 Å². The van der Waals surface area contributed by atoms with E-state index in [0.717, 1.165) is 5.56 Å². The number of anilines is 1. The fraction of sp³-hybridized carbons (Fsp3) is 0.133. The van der Waals surface area contributed by atoms with Crippen molar-refractivity contribution in [1.82, 2.24) is 0 Å². The van der Waals surface area contributed by atoms with Crippen LogP contribution in [0, 0.1) is 6.92 Å². The lowest BCUT2D eigenvalue weighted by atomic mass is 10.0. The summed E-state index contributed by atoms with van der Waals surface area (Å²) < 4.78 is 0. The highest BCUT2D eigenvalue weighted by Gasteiger charge is 2.06. The molecule has 0 saturated carbocycles. The van der Waals surface area contributed by atoms with Crippen LogP contribution in [0.15, 0.2) is 48.5 Å². The van der Waals surface area contributed by atoms with Gasteiger partial charge in [-0.3, -0.25) is 4.79 Å². The van der Waals surface area contributed by atoms with Crippen LogP contribution in [-0.4, -0.2) is 5.78 Å². The van der Waals surface area contributed by atoms with Gasteiger partial charge in [0.1, 0.15) is 0 Å². The normalized spacial score (nSPS) is 10.2. The molecule has 0 fully saturated rings. The van der Waals surface area contributed by atoms with Gasteiger partial charge in [0, 0.05) is 17.7 Å². The van der Waals surface area contributed by atoms with E-state index < -0.39 is 0 Å². The molecule has 0 bridgehead atoms. The molecule has 17 heavy (non-hydrogen) atoms. The minimum absolute atomic E-state index is 0.121. The summed E-state index contributed by atoms with van der Waals surface area (Å²) in [5.74, 6) is 0.121. The Balaban J connectivity index is 2.14. The smallest absolute Gasteiger partial charge is 0.167 e. The molecule has 2 aromatic rings. The minimum Gasteiger partial charge on any atom is -0.399 e. The molecule has 2 N–H and O–H groups in total. The average molecular weight is 225 g/mol. The highest BCUT2D eigenvalue weighted by Crippen LogP contribution is 2.11. The second-order valence-electron chi connectivity index (χ2n) is 4.21. The van der Waals surface area contributed by atoms with Gasteiger partial charge in [0.15, 0.2) is 5.78 Å². The van der Waals surface area contributed by atoms with E-state index in [1.54, 1.807) is 24.3 Å². The standard InChI is InChI=1S/C15H15NO/c1-11-3-2-4-12(9-11)10-15(17)13-5-7-14(16)8-6-13/h2-9H,10,16H2,1H3. The summed E-state index contributed by atoms with van der Waals surface area (Å²) >= 11 is 0. The van der Waals surface area contributed by atoms with Crippen LogP contribution in [0.3, 0.4) is 0 Å². The fourth-order valence-corrected chi connectivity index (χ4v) is 1.78. The van der Waals surface area contributed by atoms with Crippen molar-refractivity contribution in [2.24, 2.45) is 0 Å². The topological polar surface area (TPSA) is 43.1 Å². The molecule has 0 amide bonds. The summed E-state index contributed by atoms with van der Waals surface area (Å²) in [4.78, 5) is 12.0. The van der Waals surface area contributed by atoms with Crippen LogP contribution in [0.1, 0.15) is 21.5 Å². The lowest BCUT2D eigenvalue weighted by Gasteiger charge is -2.03. The molecule has 0 radical (unpaired) electrons. The maximum atomic E-state index is 12.0. The number of Topliss-reactive ketones (excluding diaryl/α,β-unsaturated/α-hetero) is 1. The summed E-state index contributed by atoms with van der Waals surface area (Å²) in [5.41, 5.74) is 9.20. The first kappa shape index (κ1) is 11.4. The summed E-state index contributed by atoms with van der Waals surface area (Å²) in [6.07, 6.45) is 0.436. The van der Waals surface area contributed by atoms with Crippen LogP contribution in [0.5, 0.6) is 0 Å². The van der Waals surface area contributed by atoms with Crippen molar-refractivity contribution >= 4 is 11.5 Å². The molecule has 2 nitrogen and oxygen atoms in total. The van der Waals surface area contributed by atoms with Crippen LogP contribution >= 0.6 is 0 Å². The van der Waals surface area contributed by atoms with Crippen molar-refractivity contribution in [3.63, 3.8) is 0 Å². The van der Waals surface area contributed by atoms with E-state index in [-0.39, 0.29) is 5.78 Å². The SMILES string of the molecule is Cc1cccc(CC(=O)c2ccc(N)cc2)c1. The molecule has 0 heterocycles. The van der Waals surface area contributed by atoms with E-state index in [0.29, 0.717) is 17.7 Å². The Bertz CT molecular complexity index is 529. The van der Waals surface area contributed by atoms with Gasteiger partial charge in [0.05, 0.1) is 0 Å². The Kier molecular flexibility index (Phi) is 3.24. The van der Waals surface area contributed by atoms with Gasteiger partial charge in [-0.25, -0.2) is 0 Å². The number of nitrogens with two attached hydrogens (primary N) is 1. The number of hydrogen-bond donors (Lipinski definition) is 1. The van der Waals surface area contributed by atoms with Crippen molar-refractivity contribution in [2.45, 2.75) is 13.3 Å². The van der Waals surface area contributed by atoms with Crippen LogP contribution in [0.2, 0.25) is 0 Å². The largest absolute Gasteiger partial charge is 0.399 e. The van der Waals surface area contributed by atoms with Gasteiger partial charge in [0.25, 0.3) is 0 Å². The quantitative estimate of drug-likeness (QED) is 0.644. The Morgan fingerprint density at radius 2 is 1.82 bits per heavy atom. The molecule has 2 heteroatoms. The Morgan fingerprint density at radius 1 is 1.12 bits per heavy atom. The maximum Gasteiger partial charge on any atom is 0.167 e. The van der Waals surface area contributed by atoms with Crippen molar-refractivity contribution in [3.05, 3.63) is 65.2 Å². The maximum absolute atomic E-state index is 12.0. The number of aryl methyl sites for hydroxylation is 1. The molecule has 0 aromatic heterocycles. The highest BCUT2D eigenvalue weighted by molar-refractivity contribution is 5.97. The molecule has 0 aliphatic carbocycles. The molecule has 0 aliphatic rings. The zero-order valence-electron chi connectivity index (χ0n) is 9.81. The van der Waals surface area contributed by atoms with E-state index in [2.05, 4.69) is 0 Å². The molecule has 0 unspecified atom stereocenters. The number of benzene rings is 2. The van der Waals surface area contributed by atoms with Crippen LogP contribution in [-0.2, 0) is 6.42 Å². The molecule has 2 aromatic carbocycles. The van der Waals surface area contributed by atoms with E-state index in [1.165, 1.54) is 5.56 Å². The van der Waals surface area contributed by atoms with Crippen molar-refractivity contribution in [3.8, 4) is 0 Å². The predicted octanol–water partition coefficient (Wildman–Crippen LogP) is 3.00. The summed E-state index contributed by atoms with van der Waals surface area (Å²) in [6, 6.07) is 15.1.